The van der Waals surface area contributed by atoms with Gasteiger partial charge in [-0.15, -0.1) is 0 Å². The highest BCUT2D eigenvalue weighted by Gasteiger charge is 2.15. The molecule has 0 amide bonds. The molecule has 0 N–H and O–H groups in total. The molecule has 6 aromatic heterocycles. The number of anilines is 3. The molecule has 10 aromatic rings. The van der Waals surface area contributed by atoms with Gasteiger partial charge < -0.3 is 9.32 Å². The Bertz CT molecular complexity index is 2780. The SMILES string of the molecule is c1ccc2c(c1)oc1cc(-c3ccc(N(c4ccc(-c5cc6ccncc6cn5)cc4)c4ccc(-c5cc6ccncc6cn5)cc4)cc3)ncc12. The number of furan rings is 1. The summed E-state index contributed by atoms with van der Waals surface area (Å²) in [6, 6.07) is 43.9. The van der Waals surface area contributed by atoms with Gasteiger partial charge in [0.1, 0.15) is 11.2 Å². The zero-order chi connectivity index (χ0) is 34.4. The molecule has 0 atom stereocenters. The monoisotopic (exact) mass is 668 g/mol. The molecule has 0 bridgehead atoms. The van der Waals surface area contributed by atoms with E-state index in [0.717, 1.165) is 94.3 Å². The fraction of sp³-hybridized carbons (Fsp3) is 0. The Balaban J connectivity index is 1.02. The van der Waals surface area contributed by atoms with Crippen LogP contribution in [0.1, 0.15) is 0 Å². The quantitative estimate of drug-likeness (QED) is 0.174. The van der Waals surface area contributed by atoms with Gasteiger partial charge in [-0.2, -0.15) is 0 Å². The standard InChI is InChI=1S/C45H28N6O/c1-2-4-44-39(3-1)40-28-50-43(23-45(40)52-44)31-9-15-38(16-10-31)51(36-11-5-29(6-12-36)41-21-32-17-19-46-24-34(32)26-48-41)37-13-7-30(8-14-37)42-22-33-18-20-47-25-35(33)27-49-42/h1-28H. The number of hydrogen-bond donors (Lipinski definition) is 0. The summed E-state index contributed by atoms with van der Waals surface area (Å²) in [7, 11) is 0. The molecule has 0 aliphatic heterocycles. The van der Waals surface area contributed by atoms with Crippen molar-refractivity contribution in [1.29, 1.82) is 0 Å². The molecule has 7 nitrogen and oxygen atoms in total. The molecule has 52 heavy (non-hydrogen) atoms. The van der Waals surface area contributed by atoms with Crippen LogP contribution in [0.25, 0.3) is 77.3 Å². The molecule has 244 valence electrons. The lowest BCUT2D eigenvalue weighted by Gasteiger charge is -2.26. The maximum atomic E-state index is 6.15. The summed E-state index contributed by atoms with van der Waals surface area (Å²) in [6.07, 6.45) is 13.0. The third-order valence-electron chi connectivity index (χ3n) is 9.57. The fourth-order valence-electron chi connectivity index (χ4n) is 6.85. The minimum Gasteiger partial charge on any atom is -0.456 e. The molecule has 0 saturated heterocycles. The summed E-state index contributed by atoms with van der Waals surface area (Å²) >= 11 is 0. The van der Waals surface area contributed by atoms with Crippen LogP contribution in [0.3, 0.4) is 0 Å². The predicted octanol–water partition coefficient (Wildman–Crippen LogP) is 11.3. The smallest absolute Gasteiger partial charge is 0.139 e. The number of rotatable bonds is 6. The van der Waals surface area contributed by atoms with E-state index in [1.165, 1.54) is 0 Å². The van der Waals surface area contributed by atoms with E-state index in [9.17, 15) is 0 Å². The van der Waals surface area contributed by atoms with Crippen molar-refractivity contribution in [2.45, 2.75) is 0 Å². The predicted molar refractivity (Wildman–Crippen MR) is 209 cm³/mol. The lowest BCUT2D eigenvalue weighted by atomic mass is 10.1. The molecule has 4 aromatic carbocycles. The zero-order valence-corrected chi connectivity index (χ0v) is 27.8. The first-order valence-corrected chi connectivity index (χ1v) is 17.0. The van der Waals surface area contributed by atoms with Crippen molar-refractivity contribution < 1.29 is 4.42 Å². The summed E-state index contributed by atoms with van der Waals surface area (Å²) in [5.41, 5.74) is 10.5. The van der Waals surface area contributed by atoms with Gasteiger partial charge in [0.2, 0.25) is 0 Å². The van der Waals surface area contributed by atoms with Gasteiger partial charge >= 0.3 is 0 Å². The van der Waals surface area contributed by atoms with Crippen LogP contribution in [-0.2, 0) is 0 Å². The van der Waals surface area contributed by atoms with Crippen LogP contribution in [0.15, 0.2) is 175 Å². The number of para-hydroxylation sites is 1. The van der Waals surface area contributed by atoms with E-state index in [0.29, 0.717) is 0 Å². The fourth-order valence-corrected chi connectivity index (χ4v) is 6.85. The Kier molecular flexibility index (Phi) is 6.99. The van der Waals surface area contributed by atoms with E-state index in [4.69, 9.17) is 19.4 Å². The topological polar surface area (TPSA) is 80.8 Å². The maximum Gasteiger partial charge on any atom is 0.139 e. The Morgan fingerprint density at radius 2 is 0.865 bits per heavy atom. The highest BCUT2D eigenvalue weighted by Crippen LogP contribution is 2.38. The van der Waals surface area contributed by atoms with Gasteiger partial charge in [-0.1, -0.05) is 54.6 Å². The normalized spacial score (nSPS) is 11.5. The first-order valence-electron chi connectivity index (χ1n) is 17.0. The van der Waals surface area contributed by atoms with E-state index < -0.39 is 0 Å². The number of hydrogen-bond acceptors (Lipinski definition) is 7. The molecule has 0 unspecified atom stereocenters. The molecule has 0 aliphatic carbocycles. The van der Waals surface area contributed by atoms with Crippen molar-refractivity contribution in [2.75, 3.05) is 4.90 Å². The lowest BCUT2D eigenvalue weighted by Crippen LogP contribution is -2.09. The van der Waals surface area contributed by atoms with E-state index in [1.807, 2.05) is 79.8 Å². The van der Waals surface area contributed by atoms with Crippen LogP contribution >= 0.6 is 0 Å². The van der Waals surface area contributed by atoms with Gasteiger partial charge in [-0.05, 0) is 77.5 Å². The van der Waals surface area contributed by atoms with Gasteiger partial charge in [0, 0.05) is 105 Å². The molecular weight excluding hydrogens is 641 g/mol. The number of aromatic nitrogens is 5. The van der Waals surface area contributed by atoms with E-state index in [1.54, 1.807) is 0 Å². The van der Waals surface area contributed by atoms with Crippen LogP contribution in [0, 0.1) is 0 Å². The number of fused-ring (bicyclic) bond motifs is 5. The van der Waals surface area contributed by atoms with E-state index >= 15 is 0 Å². The first-order chi connectivity index (χ1) is 25.7. The zero-order valence-electron chi connectivity index (χ0n) is 27.8. The largest absolute Gasteiger partial charge is 0.456 e. The molecule has 0 spiro atoms. The molecule has 7 heteroatoms. The van der Waals surface area contributed by atoms with Crippen molar-refractivity contribution in [3.05, 3.63) is 171 Å². The van der Waals surface area contributed by atoms with Crippen LogP contribution in [0.2, 0.25) is 0 Å². The Labute approximate surface area is 298 Å². The lowest BCUT2D eigenvalue weighted by molar-refractivity contribution is 0.668. The third-order valence-corrected chi connectivity index (χ3v) is 9.57. The molecular formula is C45H28N6O. The second-order valence-corrected chi connectivity index (χ2v) is 12.7. The van der Waals surface area contributed by atoms with E-state index in [2.05, 4.69) is 106 Å². The van der Waals surface area contributed by atoms with Crippen molar-refractivity contribution in [3.63, 3.8) is 0 Å². The molecule has 0 aliphatic rings. The molecule has 6 heterocycles. The number of nitrogens with zero attached hydrogens (tertiary/aromatic N) is 6. The third kappa shape index (κ3) is 5.28. The van der Waals surface area contributed by atoms with Crippen LogP contribution in [-0.4, -0.2) is 24.9 Å². The minimum atomic E-state index is 0.826. The average molecular weight is 669 g/mol. The van der Waals surface area contributed by atoms with Crippen molar-refractivity contribution in [3.8, 4) is 33.8 Å². The minimum absolute atomic E-state index is 0.826. The molecule has 10 rings (SSSR count). The van der Waals surface area contributed by atoms with Crippen LogP contribution in [0.4, 0.5) is 17.1 Å². The Hall–Kier alpha value is -7.25. The molecule has 0 radical (unpaired) electrons. The van der Waals surface area contributed by atoms with Gasteiger partial charge in [0.15, 0.2) is 0 Å². The van der Waals surface area contributed by atoms with Crippen LogP contribution < -0.4 is 4.90 Å². The summed E-state index contributed by atoms with van der Waals surface area (Å²) < 4.78 is 6.15. The highest BCUT2D eigenvalue weighted by molar-refractivity contribution is 6.05. The second-order valence-electron chi connectivity index (χ2n) is 12.7. The van der Waals surface area contributed by atoms with Crippen LogP contribution in [0.5, 0.6) is 0 Å². The summed E-state index contributed by atoms with van der Waals surface area (Å²) in [5, 5.41) is 6.34. The van der Waals surface area contributed by atoms with Gasteiger partial charge in [0.25, 0.3) is 0 Å². The molecule has 0 saturated carbocycles. The van der Waals surface area contributed by atoms with Crippen molar-refractivity contribution in [1.82, 2.24) is 24.9 Å². The van der Waals surface area contributed by atoms with Crippen molar-refractivity contribution in [2.24, 2.45) is 0 Å². The van der Waals surface area contributed by atoms with Gasteiger partial charge in [0.05, 0.1) is 17.1 Å². The maximum absolute atomic E-state index is 6.15. The Morgan fingerprint density at radius 3 is 1.40 bits per heavy atom. The average Bonchev–Trinajstić information content (AvgIpc) is 3.59. The van der Waals surface area contributed by atoms with Gasteiger partial charge in [-0.25, -0.2) is 0 Å². The second kappa shape index (κ2) is 12.3. The Morgan fingerprint density at radius 1 is 0.385 bits per heavy atom. The van der Waals surface area contributed by atoms with Crippen molar-refractivity contribution >= 4 is 60.5 Å². The highest BCUT2D eigenvalue weighted by atomic mass is 16.3. The summed E-state index contributed by atoms with van der Waals surface area (Å²) in [5.74, 6) is 0. The number of pyridine rings is 5. The number of benzene rings is 4. The first kappa shape index (κ1) is 29.6. The molecule has 0 fully saturated rings. The van der Waals surface area contributed by atoms with Gasteiger partial charge in [-0.3, -0.25) is 24.9 Å². The summed E-state index contributed by atoms with van der Waals surface area (Å²) in [4.78, 5) is 25.0. The summed E-state index contributed by atoms with van der Waals surface area (Å²) in [6.45, 7) is 0. The van der Waals surface area contributed by atoms with E-state index in [-0.39, 0.29) is 0 Å².